The fourth-order valence-corrected chi connectivity index (χ4v) is 3.05. The molecule has 1 aliphatic heterocycles. The average Bonchev–Trinajstić information content (AvgIpc) is 3.14. The zero-order valence-corrected chi connectivity index (χ0v) is 15.1. The van der Waals surface area contributed by atoms with E-state index in [0.29, 0.717) is 24.7 Å². The number of halogens is 3. The molecular weight excluding hydrogens is 387 g/mol. The van der Waals surface area contributed by atoms with Crippen molar-refractivity contribution in [1.82, 2.24) is 20.0 Å². The van der Waals surface area contributed by atoms with Gasteiger partial charge in [-0.15, -0.1) is 0 Å². The topological polar surface area (TPSA) is 84.2 Å². The van der Waals surface area contributed by atoms with Gasteiger partial charge < -0.3 is 9.84 Å². The van der Waals surface area contributed by atoms with Crippen molar-refractivity contribution in [3.63, 3.8) is 0 Å². The van der Waals surface area contributed by atoms with Crippen molar-refractivity contribution in [1.29, 1.82) is 0 Å². The van der Waals surface area contributed by atoms with Gasteiger partial charge in [-0.3, -0.25) is 14.7 Å². The van der Waals surface area contributed by atoms with Crippen molar-refractivity contribution >= 4 is 11.6 Å². The zero-order chi connectivity index (χ0) is 20.4. The first-order chi connectivity index (χ1) is 13.9. The molecule has 0 radical (unpaired) electrons. The number of rotatable bonds is 5. The molecule has 3 aromatic rings. The molecule has 1 N–H and O–H groups in total. The molecule has 3 heterocycles. The second-order valence-electron chi connectivity index (χ2n) is 6.72. The number of hydrogen-bond donors (Lipinski definition) is 1. The number of alkyl halides is 3. The molecule has 0 atom stereocenters. The number of nitrogens with zero attached hydrogens (tertiary/aromatic N) is 4. The Balaban J connectivity index is 1.33. The van der Waals surface area contributed by atoms with Crippen molar-refractivity contribution in [2.24, 2.45) is 0 Å². The molecule has 10 heteroatoms. The molecule has 0 aliphatic carbocycles. The van der Waals surface area contributed by atoms with Gasteiger partial charge in [0.2, 0.25) is 17.6 Å². The molecule has 7 nitrogen and oxygen atoms in total. The fourth-order valence-electron chi connectivity index (χ4n) is 3.05. The number of aromatic nitrogens is 3. The van der Waals surface area contributed by atoms with Gasteiger partial charge in [0.15, 0.2) is 0 Å². The molecule has 1 aliphatic rings. The van der Waals surface area contributed by atoms with Crippen molar-refractivity contribution < 1.29 is 22.5 Å². The molecule has 2 aromatic heterocycles. The monoisotopic (exact) mass is 403 g/mol. The maximum absolute atomic E-state index is 12.9. The van der Waals surface area contributed by atoms with Crippen LogP contribution in [-0.2, 0) is 11.0 Å². The molecule has 0 bridgehead atoms. The SMILES string of the molecule is O=C(CN1CC(c2nc(-c3cccc(C(F)(F)F)c3)no2)C1)Nc1cccnc1. The summed E-state index contributed by atoms with van der Waals surface area (Å²) in [5, 5.41) is 6.55. The largest absolute Gasteiger partial charge is 0.416 e. The van der Waals surface area contributed by atoms with Crippen LogP contribution in [0.3, 0.4) is 0 Å². The predicted octanol–water partition coefficient (Wildman–Crippen LogP) is 3.19. The molecule has 0 saturated carbocycles. The van der Waals surface area contributed by atoms with E-state index in [4.69, 9.17) is 4.52 Å². The Hall–Kier alpha value is -3.27. The molecule has 1 fully saturated rings. The molecule has 29 heavy (non-hydrogen) atoms. The Kier molecular flexibility index (Phi) is 5.01. The van der Waals surface area contributed by atoms with Crippen LogP contribution < -0.4 is 5.32 Å². The van der Waals surface area contributed by atoms with Gasteiger partial charge in [-0.2, -0.15) is 18.2 Å². The van der Waals surface area contributed by atoms with Gasteiger partial charge in [-0.25, -0.2) is 0 Å². The summed E-state index contributed by atoms with van der Waals surface area (Å²) in [6.07, 6.45) is -1.26. The van der Waals surface area contributed by atoms with Crippen LogP contribution in [0.1, 0.15) is 17.4 Å². The highest BCUT2D eigenvalue weighted by Gasteiger charge is 2.34. The predicted molar refractivity (Wildman–Crippen MR) is 96.8 cm³/mol. The van der Waals surface area contributed by atoms with E-state index in [0.717, 1.165) is 12.1 Å². The lowest BCUT2D eigenvalue weighted by Gasteiger charge is -2.36. The third-order valence-electron chi connectivity index (χ3n) is 4.51. The number of carbonyl (C=O) groups is 1. The normalized spacial score (nSPS) is 15.1. The van der Waals surface area contributed by atoms with Crippen LogP contribution in [0.4, 0.5) is 18.9 Å². The minimum absolute atomic E-state index is 0.0618. The van der Waals surface area contributed by atoms with Gasteiger partial charge >= 0.3 is 6.18 Å². The van der Waals surface area contributed by atoms with E-state index in [2.05, 4.69) is 20.4 Å². The Morgan fingerprint density at radius 3 is 2.79 bits per heavy atom. The number of carbonyl (C=O) groups excluding carboxylic acids is 1. The van der Waals surface area contributed by atoms with Crippen LogP contribution in [-0.4, -0.2) is 45.6 Å². The van der Waals surface area contributed by atoms with E-state index < -0.39 is 11.7 Å². The zero-order valence-electron chi connectivity index (χ0n) is 15.1. The van der Waals surface area contributed by atoms with Gasteiger partial charge in [0.05, 0.1) is 29.9 Å². The third kappa shape index (κ3) is 4.43. The maximum Gasteiger partial charge on any atom is 0.416 e. The number of amides is 1. The van der Waals surface area contributed by atoms with E-state index in [-0.39, 0.29) is 29.8 Å². The average molecular weight is 403 g/mol. The maximum atomic E-state index is 12.9. The summed E-state index contributed by atoms with van der Waals surface area (Å²) < 4.78 is 43.8. The highest BCUT2D eigenvalue weighted by Crippen LogP contribution is 2.32. The van der Waals surface area contributed by atoms with Crippen LogP contribution in [0, 0.1) is 0 Å². The van der Waals surface area contributed by atoms with Crippen LogP contribution in [0.25, 0.3) is 11.4 Å². The first-order valence-corrected chi connectivity index (χ1v) is 8.82. The summed E-state index contributed by atoms with van der Waals surface area (Å²) in [5.41, 5.74) is 0.0925. The molecule has 4 rings (SSSR count). The van der Waals surface area contributed by atoms with E-state index in [1.165, 1.54) is 12.1 Å². The second kappa shape index (κ2) is 7.63. The number of anilines is 1. The van der Waals surface area contributed by atoms with E-state index in [1.807, 2.05) is 4.90 Å². The van der Waals surface area contributed by atoms with E-state index >= 15 is 0 Å². The van der Waals surface area contributed by atoms with E-state index in [9.17, 15) is 18.0 Å². The molecule has 1 amide bonds. The fraction of sp³-hybridized carbons (Fsp3) is 0.263. The molecule has 0 unspecified atom stereocenters. The lowest BCUT2D eigenvalue weighted by molar-refractivity contribution is -0.137. The second-order valence-corrected chi connectivity index (χ2v) is 6.72. The summed E-state index contributed by atoms with van der Waals surface area (Å²) in [6, 6.07) is 8.26. The first kappa shape index (κ1) is 19.1. The molecule has 0 spiro atoms. The summed E-state index contributed by atoms with van der Waals surface area (Å²) in [7, 11) is 0. The number of likely N-dealkylation sites (tertiary alicyclic amines) is 1. The quantitative estimate of drug-likeness (QED) is 0.705. The number of benzene rings is 1. The minimum atomic E-state index is -4.44. The lowest BCUT2D eigenvalue weighted by Crippen LogP contribution is -2.48. The highest BCUT2D eigenvalue weighted by molar-refractivity contribution is 5.92. The number of pyridine rings is 1. The first-order valence-electron chi connectivity index (χ1n) is 8.82. The van der Waals surface area contributed by atoms with Crippen molar-refractivity contribution in [3.8, 4) is 11.4 Å². The van der Waals surface area contributed by atoms with Gasteiger partial charge in [0, 0.05) is 24.8 Å². The van der Waals surface area contributed by atoms with Gasteiger partial charge in [0.1, 0.15) is 0 Å². The van der Waals surface area contributed by atoms with Crippen LogP contribution >= 0.6 is 0 Å². The lowest BCUT2D eigenvalue weighted by atomic mass is 10.0. The van der Waals surface area contributed by atoms with Crippen LogP contribution in [0.5, 0.6) is 0 Å². The number of hydrogen-bond acceptors (Lipinski definition) is 6. The van der Waals surface area contributed by atoms with Crippen LogP contribution in [0.2, 0.25) is 0 Å². The number of nitrogens with one attached hydrogen (secondary N) is 1. The summed E-state index contributed by atoms with van der Waals surface area (Å²) >= 11 is 0. The van der Waals surface area contributed by atoms with Crippen LogP contribution in [0.15, 0.2) is 53.3 Å². The van der Waals surface area contributed by atoms with Crippen molar-refractivity contribution in [2.45, 2.75) is 12.1 Å². The Morgan fingerprint density at radius 1 is 1.24 bits per heavy atom. The van der Waals surface area contributed by atoms with Gasteiger partial charge in [0.25, 0.3) is 0 Å². The molecule has 1 aromatic carbocycles. The minimum Gasteiger partial charge on any atom is -0.339 e. The standard InChI is InChI=1S/C19H16F3N5O2/c20-19(21,22)14-4-1-3-12(7-14)17-25-18(29-26-17)13-9-27(10-13)11-16(28)24-15-5-2-6-23-8-15/h1-8,13H,9-11H2,(H,24,28). The molecular formula is C19H16F3N5O2. The highest BCUT2D eigenvalue weighted by atomic mass is 19.4. The van der Waals surface area contributed by atoms with Crippen molar-refractivity contribution in [2.75, 3.05) is 25.0 Å². The molecule has 1 saturated heterocycles. The Morgan fingerprint density at radius 2 is 2.07 bits per heavy atom. The summed E-state index contributed by atoms with van der Waals surface area (Å²) in [4.78, 5) is 22.1. The summed E-state index contributed by atoms with van der Waals surface area (Å²) in [6.45, 7) is 1.30. The van der Waals surface area contributed by atoms with E-state index in [1.54, 1.807) is 24.5 Å². The smallest absolute Gasteiger partial charge is 0.339 e. The van der Waals surface area contributed by atoms with Gasteiger partial charge in [-0.05, 0) is 24.3 Å². The van der Waals surface area contributed by atoms with Gasteiger partial charge in [-0.1, -0.05) is 17.3 Å². The summed E-state index contributed by atoms with van der Waals surface area (Å²) in [5.74, 6) is 0.236. The Labute approximate surface area is 163 Å². The molecule has 150 valence electrons. The van der Waals surface area contributed by atoms with Crippen molar-refractivity contribution in [3.05, 3.63) is 60.2 Å². The third-order valence-corrected chi connectivity index (χ3v) is 4.51. The Bertz CT molecular complexity index is 1000.